The van der Waals surface area contributed by atoms with Crippen LogP contribution in [0.2, 0.25) is 0 Å². The molecule has 1 aromatic rings. The minimum atomic E-state index is -0.252. The number of thioether (sulfide) groups is 1. The summed E-state index contributed by atoms with van der Waals surface area (Å²) in [6, 6.07) is 2.11. The first-order chi connectivity index (χ1) is 15.9. The van der Waals surface area contributed by atoms with E-state index in [2.05, 4.69) is 17.9 Å². The zero-order valence-corrected chi connectivity index (χ0v) is 21.6. The van der Waals surface area contributed by atoms with Gasteiger partial charge in [0.25, 0.3) is 11.5 Å². The second-order valence-corrected chi connectivity index (χ2v) is 10.4. The van der Waals surface area contributed by atoms with Gasteiger partial charge < -0.3 is 4.90 Å². The summed E-state index contributed by atoms with van der Waals surface area (Å²) in [7, 11) is 0. The number of carbonyl (C=O) groups is 1. The number of anilines is 1. The Labute approximate surface area is 206 Å². The second-order valence-electron chi connectivity index (χ2n) is 8.69. The summed E-state index contributed by atoms with van der Waals surface area (Å²) in [5.41, 5.74) is 1.33. The van der Waals surface area contributed by atoms with E-state index < -0.39 is 0 Å². The van der Waals surface area contributed by atoms with Gasteiger partial charge in [0.2, 0.25) is 0 Å². The molecule has 0 bridgehead atoms. The molecule has 6 nitrogen and oxygen atoms in total. The van der Waals surface area contributed by atoms with Crippen LogP contribution in [0.25, 0.3) is 6.08 Å². The first-order valence-corrected chi connectivity index (χ1v) is 13.3. The van der Waals surface area contributed by atoms with Crippen molar-refractivity contribution in [3.05, 3.63) is 31.9 Å². The molecule has 0 spiro atoms. The monoisotopic (exact) mass is 486 g/mol. The number of nitrogens with zero attached hydrogens (tertiary/aromatic N) is 4. The molecule has 3 heterocycles. The van der Waals surface area contributed by atoms with Gasteiger partial charge in [-0.1, -0.05) is 63.0 Å². The molecule has 2 fully saturated rings. The Morgan fingerprint density at radius 2 is 1.79 bits per heavy atom. The van der Waals surface area contributed by atoms with Crippen LogP contribution < -0.4 is 10.5 Å². The van der Waals surface area contributed by atoms with E-state index in [1.807, 2.05) is 19.9 Å². The molecule has 0 saturated carbocycles. The van der Waals surface area contributed by atoms with Crippen LogP contribution in [-0.4, -0.2) is 39.3 Å². The maximum Gasteiger partial charge on any atom is 0.270 e. The fraction of sp³-hybridized carbons (Fsp3) is 0.600. The molecule has 2 saturated heterocycles. The molecule has 33 heavy (non-hydrogen) atoms. The van der Waals surface area contributed by atoms with Gasteiger partial charge >= 0.3 is 0 Å². The number of carbonyl (C=O) groups excluding carboxylic acids is 1. The quantitative estimate of drug-likeness (QED) is 0.285. The Morgan fingerprint density at radius 1 is 1.09 bits per heavy atom. The predicted octanol–water partition coefficient (Wildman–Crippen LogP) is 5.21. The van der Waals surface area contributed by atoms with E-state index in [1.54, 1.807) is 9.47 Å². The molecule has 0 N–H and O–H groups in total. The van der Waals surface area contributed by atoms with Crippen LogP contribution in [0.3, 0.4) is 0 Å². The summed E-state index contributed by atoms with van der Waals surface area (Å²) >= 11 is 6.84. The van der Waals surface area contributed by atoms with Crippen molar-refractivity contribution in [2.75, 3.05) is 24.5 Å². The van der Waals surface area contributed by atoms with Gasteiger partial charge in [0.1, 0.15) is 21.8 Å². The number of amides is 1. The van der Waals surface area contributed by atoms with Crippen molar-refractivity contribution in [1.29, 1.82) is 5.26 Å². The first-order valence-electron chi connectivity index (χ1n) is 12.1. The van der Waals surface area contributed by atoms with Crippen LogP contribution >= 0.6 is 24.0 Å². The van der Waals surface area contributed by atoms with Crippen molar-refractivity contribution in [2.45, 2.75) is 78.7 Å². The van der Waals surface area contributed by atoms with Crippen molar-refractivity contribution < 1.29 is 4.79 Å². The Balaban J connectivity index is 2.07. The number of pyridine rings is 1. The topological polar surface area (TPSA) is 69.3 Å². The summed E-state index contributed by atoms with van der Waals surface area (Å²) in [5, 5.41) is 9.73. The van der Waals surface area contributed by atoms with Crippen LogP contribution in [0.4, 0.5) is 5.82 Å². The van der Waals surface area contributed by atoms with E-state index in [9.17, 15) is 14.9 Å². The predicted molar refractivity (Wildman–Crippen MR) is 141 cm³/mol. The summed E-state index contributed by atoms with van der Waals surface area (Å²) in [5.74, 6) is 0.754. The number of rotatable bonds is 8. The van der Waals surface area contributed by atoms with Crippen molar-refractivity contribution in [1.82, 2.24) is 9.47 Å². The zero-order valence-electron chi connectivity index (χ0n) is 20.0. The number of nitriles is 1. The third-order valence-electron chi connectivity index (χ3n) is 6.45. The van der Waals surface area contributed by atoms with Crippen molar-refractivity contribution in [3.8, 4) is 6.07 Å². The number of aromatic nitrogens is 1. The molecule has 1 aromatic heterocycles. The highest BCUT2D eigenvalue weighted by Crippen LogP contribution is 2.36. The number of thiocarbonyl (C=S) groups is 1. The molecule has 0 unspecified atom stereocenters. The van der Waals surface area contributed by atoms with E-state index in [0.29, 0.717) is 27.9 Å². The Kier molecular flexibility index (Phi) is 9.16. The lowest BCUT2D eigenvalue weighted by Gasteiger charge is -2.29. The zero-order chi connectivity index (χ0) is 24.0. The lowest BCUT2D eigenvalue weighted by atomic mass is 10.0. The molecule has 1 amide bonds. The molecule has 0 aliphatic carbocycles. The standard InChI is InChI=1S/C25H34N4O2S2/c1-4-6-7-12-15-29-24(31)21(33-25(29)32)16-19-18(3)20(17-26)23(30)28(5-2)22(19)27-13-10-8-9-11-14-27/h16H,4-15H2,1-3H3/b21-16-. The van der Waals surface area contributed by atoms with Gasteiger partial charge in [0, 0.05) is 31.7 Å². The number of unbranched alkanes of at least 4 members (excludes halogenated alkanes) is 3. The van der Waals surface area contributed by atoms with Gasteiger partial charge in [-0.25, -0.2) is 0 Å². The third kappa shape index (κ3) is 5.52. The normalized spacial score (nSPS) is 18.2. The molecule has 8 heteroatoms. The Bertz CT molecular complexity index is 1030. The van der Waals surface area contributed by atoms with E-state index in [1.165, 1.54) is 24.6 Å². The van der Waals surface area contributed by atoms with E-state index >= 15 is 0 Å². The largest absolute Gasteiger partial charge is 0.357 e. The second kappa shape index (κ2) is 11.8. The molecule has 2 aliphatic rings. The maximum atomic E-state index is 13.2. The van der Waals surface area contributed by atoms with Crippen molar-refractivity contribution >= 4 is 46.1 Å². The highest BCUT2D eigenvalue weighted by Gasteiger charge is 2.33. The van der Waals surface area contributed by atoms with Gasteiger partial charge in [-0.15, -0.1) is 0 Å². The smallest absolute Gasteiger partial charge is 0.270 e. The number of hydrogen-bond donors (Lipinski definition) is 0. The molecule has 3 rings (SSSR count). The highest BCUT2D eigenvalue weighted by molar-refractivity contribution is 8.26. The van der Waals surface area contributed by atoms with Gasteiger partial charge in [-0.3, -0.25) is 19.1 Å². The third-order valence-corrected chi connectivity index (χ3v) is 7.83. The van der Waals surface area contributed by atoms with Gasteiger partial charge in [-0.05, 0) is 44.7 Å². The van der Waals surface area contributed by atoms with Gasteiger partial charge in [-0.2, -0.15) is 5.26 Å². The summed E-state index contributed by atoms with van der Waals surface area (Å²) < 4.78 is 2.29. The van der Waals surface area contributed by atoms with E-state index in [0.717, 1.165) is 63.0 Å². The lowest BCUT2D eigenvalue weighted by molar-refractivity contribution is -0.122. The molecule has 0 radical (unpaired) electrons. The average molecular weight is 487 g/mol. The van der Waals surface area contributed by atoms with Crippen LogP contribution in [0.5, 0.6) is 0 Å². The Morgan fingerprint density at radius 3 is 2.39 bits per heavy atom. The van der Waals surface area contributed by atoms with E-state index in [-0.39, 0.29) is 17.0 Å². The number of hydrogen-bond acceptors (Lipinski definition) is 6. The van der Waals surface area contributed by atoms with Crippen LogP contribution in [0.1, 0.15) is 81.9 Å². The van der Waals surface area contributed by atoms with Crippen LogP contribution in [0.15, 0.2) is 9.70 Å². The molecular weight excluding hydrogens is 452 g/mol. The fourth-order valence-electron chi connectivity index (χ4n) is 4.58. The van der Waals surface area contributed by atoms with Crippen molar-refractivity contribution in [3.63, 3.8) is 0 Å². The minimum absolute atomic E-state index is 0.0736. The first kappa shape index (κ1) is 25.5. The van der Waals surface area contributed by atoms with Gasteiger partial charge in [0.05, 0.1) is 4.91 Å². The Hall–Kier alpha value is -2.11. The molecule has 178 valence electrons. The lowest BCUT2D eigenvalue weighted by Crippen LogP contribution is -2.35. The highest BCUT2D eigenvalue weighted by atomic mass is 32.2. The van der Waals surface area contributed by atoms with Crippen molar-refractivity contribution in [2.24, 2.45) is 0 Å². The SMILES string of the molecule is CCCCCCN1C(=O)/C(=C/c2c(C)c(C#N)c(=O)n(CC)c2N2CCCCCC2)SC1=S. The maximum absolute atomic E-state index is 13.2. The summed E-state index contributed by atoms with van der Waals surface area (Å²) in [4.78, 5) is 30.9. The fourth-order valence-corrected chi connectivity index (χ4v) is 5.87. The molecular formula is C25H34N4O2S2. The molecule has 2 aliphatic heterocycles. The van der Waals surface area contributed by atoms with Gasteiger partial charge in [0.15, 0.2) is 0 Å². The molecule has 0 aromatic carbocycles. The van der Waals surface area contributed by atoms with E-state index in [4.69, 9.17) is 12.2 Å². The average Bonchev–Trinajstić information content (AvgIpc) is 2.97. The summed E-state index contributed by atoms with van der Waals surface area (Å²) in [6.45, 7) is 8.75. The van der Waals surface area contributed by atoms with Crippen LogP contribution in [-0.2, 0) is 11.3 Å². The minimum Gasteiger partial charge on any atom is -0.357 e. The summed E-state index contributed by atoms with van der Waals surface area (Å²) in [6.07, 6.45) is 10.7. The molecule has 0 atom stereocenters. The van der Waals surface area contributed by atoms with Crippen LogP contribution in [0, 0.1) is 18.3 Å².